The molecule has 0 bridgehead atoms. The van der Waals surface area contributed by atoms with Crippen LogP contribution in [0.4, 0.5) is 0 Å². The second kappa shape index (κ2) is 5.15. The van der Waals surface area contributed by atoms with Gasteiger partial charge in [-0.1, -0.05) is 6.92 Å². The zero-order valence-electron chi connectivity index (χ0n) is 10.3. The minimum atomic E-state index is 0.0367. The van der Waals surface area contributed by atoms with Gasteiger partial charge in [0.05, 0.1) is 6.04 Å². The van der Waals surface area contributed by atoms with Crippen molar-refractivity contribution < 1.29 is 4.79 Å². The molecule has 0 radical (unpaired) electrons. The lowest BCUT2D eigenvalue weighted by molar-refractivity contribution is -0.124. The van der Waals surface area contributed by atoms with Crippen molar-refractivity contribution in [3.05, 3.63) is 0 Å². The molecule has 16 heavy (non-hydrogen) atoms. The average molecular weight is 225 g/mol. The normalized spacial score (nSPS) is 36.2. The fourth-order valence-corrected chi connectivity index (χ4v) is 2.66. The zero-order valence-corrected chi connectivity index (χ0v) is 10.3. The van der Waals surface area contributed by atoms with Crippen molar-refractivity contribution in [1.29, 1.82) is 0 Å². The predicted molar refractivity (Wildman–Crippen MR) is 64.2 cm³/mol. The largest absolute Gasteiger partial charge is 0.351 e. The lowest BCUT2D eigenvalue weighted by atomic mass is 9.94. The molecule has 4 nitrogen and oxygen atoms in total. The van der Waals surface area contributed by atoms with Gasteiger partial charge < -0.3 is 15.5 Å². The lowest BCUT2D eigenvalue weighted by Gasteiger charge is -2.28. The Hall–Kier alpha value is -0.610. The van der Waals surface area contributed by atoms with E-state index in [0.29, 0.717) is 12.0 Å². The highest BCUT2D eigenvalue weighted by atomic mass is 16.2. The van der Waals surface area contributed by atoms with E-state index in [4.69, 9.17) is 0 Å². The fourth-order valence-electron chi connectivity index (χ4n) is 2.66. The maximum Gasteiger partial charge on any atom is 0.237 e. The summed E-state index contributed by atoms with van der Waals surface area (Å²) >= 11 is 0. The first-order chi connectivity index (χ1) is 7.65. The molecule has 3 unspecified atom stereocenters. The molecule has 2 rings (SSSR count). The van der Waals surface area contributed by atoms with Crippen molar-refractivity contribution in [1.82, 2.24) is 15.5 Å². The van der Waals surface area contributed by atoms with Crippen LogP contribution < -0.4 is 10.6 Å². The number of likely N-dealkylation sites (N-methyl/N-ethyl adjacent to an activating group) is 1. The Bertz CT molecular complexity index is 257. The lowest BCUT2D eigenvalue weighted by Crippen LogP contribution is -2.51. The molecule has 0 aromatic heterocycles. The third-order valence-corrected chi connectivity index (χ3v) is 3.72. The summed E-state index contributed by atoms with van der Waals surface area (Å²) in [6.07, 6.45) is 3.26. The number of nitrogens with zero attached hydrogens (tertiary/aromatic N) is 1. The Morgan fingerprint density at radius 3 is 2.88 bits per heavy atom. The number of carbonyl (C=O) groups excluding carboxylic acids is 1. The van der Waals surface area contributed by atoms with E-state index in [-0.39, 0.29) is 11.9 Å². The summed E-state index contributed by atoms with van der Waals surface area (Å²) in [6, 6.07) is 0.395. The fraction of sp³-hybridized carbons (Fsp3) is 0.917. The van der Waals surface area contributed by atoms with Crippen LogP contribution in [-0.2, 0) is 4.79 Å². The van der Waals surface area contributed by atoms with Crippen LogP contribution in [-0.4, -0.2) is 49.6 Å². The first-order valence-corrected chi connectivity index (χ1v) is 6.37. The molecule has 3 atom stereocenters. The first kappa shape index (κ1) is 11.9. The van der Waals surface area contributed by atoms with E-state index >= 15 is 0 Å². The van der Waals surface area contributed by atoms with Crippen LogP contribution in [0.1, 0.15) is 26.2 Å². The third kappa shape index (κ3) is 2.95. The van der Waals surface area contributed by atoms with Crippen molar-refractivity contribution in [2.45, 2.75) is 38.3 Å². The van der Waals surface area contributed by atoms with Crippen molar-refractivity contribution in [3.8, 4) is 0 Å². The Labute approximate surface area is 97.8 Å². The van der Waals surface area contributed by atoms with Crippen molar-refractivity contribution in [2.24, 2.45) is 5.92 Å². The Kier molecular flexibility index (Phi) is 3.82. The summed E-state index contributed by atoms with van der Waals surface area (Å²) in [4.78, 5) is 14.3. The zero-order chi connectivity index (χ0) is 11.5. The van der Waals surface area contributed by atoms with Crippen LogP contribution >= 0.6 is 0 Å². The molecule has 2 fully saturated rings. The highest BCUT2D eigenvalue weighted by Crippen LogP contribution is 2.15. The summed E-state index contributed by atoms with van der Waals surface area (Å²) in [5.74, 6) is 0.870. The number of rotatable bonds is 2. The van der Waals surface area contributed by atoms with Crippen LogP contribution in [0.25, 0.3) is 0 Å². The van der Waals surface area contributed by atoms with Gasteiger partial charge in [0.25, 0.3) is 0 Å². The molecule has 0 aliphatic carbocycles. The molecule has 2 N–H and O–H groups in total. The van der Waals surface area contributed by atoms with Crippen LogP contribution in [0.2, 0.25) is 0 Å². The van der Waals surface area contributed by atoms with E-state index < -0.39 is 0 Å². The van der Waals surface area contributed by atoms with E-state index in [1.54, 1.807) is 0 Å². The van der Waals surface area contributed by atoms with Crippen molar-refractivity contribution >= 4 is 5.91 Å². The molecule has 4 heteroatoms. The standard InChI is InChI=1S/C12H23N3O/c1-9-3-5-13-11(7-9)12(16)14-10-4-6-15(2)8-10/h9-11,13H,3-8H2,1-2H3,(H,14,16). The Balaban J connectivity index is 1.78. The third-order valence-electron chi connectivity index (χ3n) is 3.72. The van der Waals surface area contributed by atoms with Crippen molar-refractivity contribution in [3.63, 3.8) is 0 Å². The molecule has 0 aromatic carbocycles. The van der Waals surface area contributed by atoms with Gasteiger partial charge in [0.15, 0.2) is 0 Å². The first-order valence-electron chi connectivity index (χ1n) is 6.37. The van der Waals surface area contributed by atoms with Crippen LogP contribution in [0, 0.1) is 5.92 Å². The van der Waals surface area contributed by atoms with E-state index in [2.05, 4.69) is 29.5 Å². The van der Waals surface area contributed by atoms with Gasteiger partial charge in [0.2, 0.25) is 5.91 Å². The highest BCUT2D eigenvalue weighted by Gasteiger charge is 2.28. The quantitative estimate of drug-likeness (QED) is 0.705. The summed E-state index contributed by atoms with van der Waals surface area (Å²) in [7, 11) is 2.10. The summed E-state index contributed by atoms with van der Waals surface area (Å²) in [6.45, 7) is 5.29. The summed E-state index contributed by atoms with van der Waals surface area (Å²) < 4.78 is 0. The number of nitrogens with one attached hydrogen (secondary N) is 2. The van der Waals surface area contributed by atoms with Crippen LogP contribution in [0.15, 0.2) is 0 Å². The molecule has 2 saturated heterocycles. The summed E-state index contributed by atoms with van der Waals surface area (Å²) in [5.41, 5.74) is 0. The number of amides is 1. The molecule has 0 spiro atoms. The molecule has 2 heterocycles. The Morgan fingerprint density at radius 1 is 1.44 bits per heavy atom. The Morgan fingerprint density at radius 2 is 2.25 bits per heavy atom. The SMILES string of the molecule is CC1CCNC(C(=O)NC2CCN(C)C2)C1. The molecule has 1 amide bonds. The minimum Gasteiger partial charge on any atom is -0.351 e. The molecule has 0 saturated carbocycles. The predicted octanol–water partition coefficient (Wildman–Crippen LogP) is 0.195. The molecular weight excluding hydrogens is 202 g/mol. The average Bonchev–Trinajstić information content (AvgIpc) is 2.64. The number of hydrogen-bond acceptors (Lipinski definition) is 3. The van der Waals surface area contributed by atoms with Gasteiger partial charge in [-0.2, -0.15) is 0 Å². The number of carbonyl (C=O) groups is 1. The monoisotopic (exact) mass is 225 g/mol. The number of hydrogen-bond donors (Lipinski definition) is 2. The van der Waals surface area contributed by atoms with Gasteiger partial charge in [-0.05, 0) is 45.3 Å². The van der Waals surface area contributed by atoms with Gasteiger partial charge in [0, 0.05) is 12.6 Å². The van der Waals surface area contributed by atoms with E-state index in [0.717, 1.165) is 32.5 Å². The maximum atomic E-state index is 12.0. The molecule has 0 aromatic rings. The molecular formula is C12H23N3O. The maximum absolute atomic E-state index is 12.0. The van der Waals surface area contributed by atoms with E-state index in [9.17, 15) is 4.79 Å². The van der Waals surface area contributed by atoms with E-state index in [1.807, 2.05) is 0 Å². The van der Waals surface area contributed by atoms with Crippen LogP contribution in [0.5, 0.6) is 0 Å². The second-order valence-electron chi connectivity index (χ2n) is 5.39. The van der Waals surface area contributed by atoms with Crippen LogP contribution in [0.3, 0.4) is 0 Å². The number of likely N-dealkylation sites (tertiary alicyclic amines) is 1. The van der Waals surface area contributed by atoms with Gasteiger partial charge in [-0.25, -0.2) is 0 Å². The second-order valence-corrected chi connectivity index (χ2v) is 5.39. The topological polar surface area (TPSA) is 44.4 Å². The van der Waals surface area contributed by atoms with E-state index in [1.165, 1.54) is 6.42 Å². The minimum absolute atomic E-state index is 0.0367. The summed E-state index contributed by atoms with van der Waals surface area (Å²) in [5, 5.41) is 6.47. The van der Waals surface area contributed by atoms with Gasteiger partial charge in [-0.15, -0.1) is 0 Å². The van der Waals surface area contributed by atoms with Gasteiger partial charge in [0.1, 0.15) is 0 Å². The van der Waals surface area contributed by atoms with Gasteiger partial charge in [-0.3, -0.25) is 4.79 Å². The molecule has 2 aliphatic rings. The molecule has 2 aliphatic heterocycles. The smallest absolute Gasteiger partial charge is 0.237 e. The van der Waals surface area contributed by atoms with Gasteiger partial charge >= 0.3 is 0 Å². The number of piperidine rings is 1. The van der Waals surface area contributed by atoms with Crippen molar-refractivity contribution in [2.75, 3.05) is 26.7 Å². The molecule has 92 valence electrons. The highest BCUT2D eigenvalue weighted by molar-refractivity contribution is 5.82.